The van der Waals surface area contributed by atoms with E-state index >= 15 is 0 Å². The van der Waals surface area contributed by atoms with Gasteiger partial charge in [-0.1, -0.05) is 44.2 Å². The van der Waals surface area contributed by atoms with Crippen molar-refractivity contribution in [2.75, 3.05) is 0 Å². The maximum atomic E-state index is 11.8. The molecule has 0 heterocycles. The summed E-state index contributed by atoms with van der Waals surface area (Å²) < 4.78 is 26.3. The summed E-state index contributed by atoms with van der Waals surface area (Å²) in [5.74, 6) is 0.343. The Kier molecular flexibility index (Phi) is 4.50. The summed E-state index contributed by atoms with van der Waals surface area (Å²) in [5.41, 5.74) is 0.811. The number of hydrogen-bond acceptors (Lipinski definition) is 2. The Morgan fingerprint density at radius 3 is 2.19 bits per heavy atom. The van der Waals surface area contributed by atoms with E-state index < -0.39 is 10.0 Å². The van der Waals surface area contributed by atoms with Crippen LogP contribution in [0.1, 0.15) is 26.3 Å². The summed E-state index contributed by atoms with van der Waals surface area (Å²) >= 11 is 0. The SMILES string of the molecule is CC(C)C(C)NS(=O)(=O)Cc1ccccc1. The number of benzene rings is 1. The van der Waals surface area contributed by atoms with Crippen LogP contribution in [-0.4, -0.2) is 14.5 Å². The Balaban J connectivity index is 2.66. The first-order chi connectivity index (χ1) is 7.41. The number of hydrogen-bond donors (Lipinski definition) is 1. The molecule has 0 radical (unpaired) electrons. The normalized spacial score (nSPS) is 14.0. The van der Waals surface area contributed by atoms with Gasteiger partial charge in [0.1, 0.15) is 0 Å². The van der Waals surface area contributed by atoms with Crippen LogP contribution in [0.5, 0.6) is 0 Å². The van der Waals surface area contributed by atoms with E-state index in [9.17, 15) is 8.42 Å². The third-order valence-electron chi connectivity index (χ3n) is 2.56. The van der Waals surface area contributed by atoms with Gasteiger partial charge >= 0.3 is 0 Å². The molecule has 1 unspecified atom stereocenters. The molecular formula is C12H19NO2S. The maximum Gasteiger partial charge on any atom is 0.216 e. The highest BCUT2D eigenvalue weighted by Gasteiger charge is 2.16. The molecule has 0 saturated heterocycles. The molecule has 0 aliphatic carbocycles. The van der Waals surface area contributed by atoms with Crippen LogP contribution in [0, 0.1) is 5.92 Å². The second kappa shape index (κ2) is 5.46. The molecule has 1 aromatic rings. The monoisotopic (exact) mass is 241 g/mol. The van der Waals surface area contributed by atoms with Gasteiger partial charge in [-0.2, -0.15) is 0 Å². The van der Waals surface area contributed by atoms with Gasteiger partial charge in [-0.15, -0.1) is 0 Å². The molecule has 0 bridgehead atoms. The van der Waals surface area contributed by atoms with Crippen molar-refractivity contribution in [1.82, 2.24) is 4.72 Å². The molecular weight excluding hydrogens is 222 g/mol. The van der Waals surface area contributed by atoms with E-state index in [2.05, 4.69) is 4.72 Å². The van der Waals surface area contributed by atoms with Crippen molar-refractivity contribution < 1.29 is 8.42 Å². The third kappa shape index (κ3) is 4.33. The van der Waals surface area contributed by atoms with Crippen LogP contribution in [0.2, 0.25) is 0 Å². The number of rotatable bonds is 5. The Hall–Kier alpha value is -0.870. The van der Waals surface area contributed by atoms with Crippen LogP contribution in [0.25, 0.3) is 0 Å². The number of sulfonamides is 1. The molecule has 0 saturated carbocycles. The van der Waals surface area contributed by atoms with Crippen molar-refractivity contribution in [3.8, 4) is 0 Å². The van der Waals surface area contributed by atoms with Crippen molar-refractivity contribution in [3.05, 3.63) is 35.9 Å². The van der Waals surface area contributed by atoms with Crippen LogP contribution < -0.4 is 4.72 Å². The first kappa shape index (κ1) is 13.2. The van der Waals surface area contributed by atoms with Gasteiger partial charge < -0.3 is 0 Å². The largest absolute Gasteiger partial charge is 0.216 e. The highest BCUT2D eigenvalue weighted by atomic mass is 32.2. The lowest BCUT2D eigenvalue weighted by Crippen LogP contribution is -2.36. The standard InChI is InChI=1S/C12H19NO2S/c1-10(2)11(3)13-16(14,15)9-12-7-5-4-6-8-12/h4-8,10-11,13H,9H2,1-3H3. The van der Waals surface area contributed by atoms with E-state index in [1.807, 2.05) is 51.1 Å². The van der Waals surface area contributed by atoms with Gasteiger partial charge in [-0.05, 0) is 18.4 Å². The first-order valence-electron chi connectivity index (χ1n) is 5.44. The van der Waals surface area contributed by atoms with E-state index in [0.717, 1.165) is 5.56 Å². The zero-order chi connectivity index (χ0) is 12.2. The zero-order valence-corrected chi connectivity index (χ0v) is 10.8. The van der Waals surface area contributed by atoms with Crippen molar-refractivity contribution in [2.24, 2.45) is 5.92 Å². The quantitative estimate of drug-likeness (QED) is 0.858. The molecule has 4 heteroatoms. The molecule has 1 atom stereocenters. The molecule has 1 aromatic carbocycles. The van der Waals surface area contributed by atoms with Gasteiger partial charge in [0.05, 0.1) is 5.75 Å². The van der Waals surface area contributed by atoms with Gasteiger partial charge in [-0.25, -0.2) is 13.1 Å². The molecule has 0 aromatic heterocycles. The average Bonchev–Trinajstić information content (AvgIpc) is 2.17. The molecule has 90 valence electrons. The Bertz CT molecular complexity index is 412. The van der Waals surface area contributed by atoms with Crippen LogP contribution in [0.3, 0.4) is 0 Å². The van der Waals surface area contributed by atoms with Crippen LogP contribution in [-0.2, 0) is 15.8 Å². The van der Waals surface area contributed by atoms with Crippen molar-refractivity contribution in [2.45, 2.75) is 32.6 Å². The second-order valence-corrected chi connectivity index (χ2v) is 6.15. The van der Waals surface area contributed by atoms with E-state index in [1.54, 1.807) is 0 Å². The van der Waals surface area contributed by atoms with Crippen molar-refractivity contribution >= 4 is 10.0 Å². The van der Waals surface area contributed by atoms with Crippen molar-refractivity contribution in [3.63, 3.8) is 0 Å². The summed E-state index contributed by atoms with van der Waals surface area (Å²) in [6, 6.07) is 9.17. The van der Waals surface area contributed by atoms with Gasteiger partial charge in [0.2, 0.25) is 10.0 Å². The molecule has 0 aliphatic rings. The lowest BCUT2D eigenvalue weighted by molar-refractivity contribution is 0.476. The third-order valence-corrected chi connectivity index (χ3v) is 4.01. The highest BCUT2D eigenvalue weighted by molar-refractivity contribution is 7.88. The average molecular weight is 241 g/mol. The molecule has 16 heavy (non-hydrogen) atoms. The maximum absolute atomic E-state index is 11.8. The van der Waals surface area contributed by atoms with Gasteiger partial charge in [0.25, 0.3) is 0 Å². The minimum atomic E-state index is -3.23. The van der Waals surface area contributed by atoms with E-state index in [0.29, 0.717) is 5.92 Å². The fraction of sp³-hybridized carbons (Fsp3) is 0.500. The Labute approximate surface area is 97.9 Å². The Morgan fingerprint density at radius 1 is 1.12 bits per heavy atom. The first-order valence-corrected chi connectivity index (χ1v) is 7.10. The molecule has 0 aliphatic heterocycles. The van der Waals surface area contributed by atoms with Crippen molar-refractivity contribution in [1.29, 1.82) is 0 Å². The lowest BCUT2D eigenvalue weighted by atomic mass is 10.1. The zero-order valence-electron chi connectivity index (χ0n) is 9.97. The van der Waals surface area contributed by atoms with E-state index in [1.165, 1.54) is 0 Å². The predicted molar refractivity (Wildman–Crippen MR) is 66.5 cm³/mol. The minimum absolute atomic E-state index is 0.0336. The number of nitrogens with one attached hydrogen (secondary N) is 1. The summed E-state index contributed by atoms with van der Waals surface area (Å²) in [4.78, 5) is 0. The van der Waals surface area contributed by atoms with Gasteiger partial charge in [0, 0.05) is 6.04 Å². The minimum Gasteiger partial charge on any atom is -0.212 e. The summed E-state index contributed by atoms with van der Waals surface area (Å²) in [6.45, 7) is 5.87. The fourth-order valence-electron chi connectivity index (χ4n) is 1.25. The predicted octanol–water partition coefficient (Wildman–Crippen LogP) is 2.15. The molecule has 1 rings (SSSR count). The van der Waals surface area contributed by atoms with Gasteiger partial charge in [-0.3, -0.25) is 0 Å². The molecule has 3 nitrogen and oxygen atoms in total. The van der Waals surface area contributed by atoms with Gasteiger partial charge in [0.15, 0.2) is 0 Å². The second-order valence-electron chi connectivity index (χ2n) is 4.40. The summed E-state index contributed by atoms with van der Waals surface area (Å²) in [7, 11) is -3.23. The van der Waals surface area contributed by atoms with E-state index in [4.69, 9.17) is 0 Å². The van der Waals surface area contributed by atoms with E-state index in [-0.39, 0.29) is 11.8 Å². The highest BCUT2D eigenvalue weighted by Crippen LogP contribution is 2.07. The molecule has 0 spiro atoms. The van der Waals surface area contributed by atoms with Crippen LogP contribution in [0.15, 0.2) is 30.3 Å². The fourth-order valence-corrected chi connectivity index (χ4v) is 2.81. The molecule has 1 N–H and O–H groups in total. The topological polar surface area (TPSA) is 46.2 Å². The summed E-state index contributed by atoms with van der Waals surface area (Å²) in [5, 5.41) is 0. The summed E-state index contributed by atoms with van der Waals surface area (Å²) in [6.07, 6.45) is 0. The van der Waals surface area contributed by atoms with Crippen LogP contribution >= 0.6 is 0 Å². The van der Waals surface area contributed by atoms with Crippen LogP contribution in [0.4, 0.5) is 0 Å². The molecule has 0 fully saturated rings. The molecule has 0 amide bonds. The Morgan fingerprint density at radius 2 is 1.69 bits per heavy atom. The smallest absolute Gasteiger partial charge is 0.212 e. The lowest BCUT2D eigenvalue weighted by Gasteiger charge is -2.17.